The van der Waals surface area contributed by atoms with Gasteiger partial charge in [-0.3, -0.25) is 4.79 Å². The molecule has 2 fully saturated rings. The van der Waals surface area contributed by atoms with E-state index in [9.17, 15) is 9.59 Å². The molecular formula is C19H24ClN3O3. The highest BCUT2D eigenvalue weighted by molar-refractivity contribution is 6.33. The Morgan fingerprint density at radius 3 is 2.73 bits per heavy atom. The fourth-order valence-corrected chi connectivity index (χ4v) is 3.93. The molecule has 26 heavy (non-hydrogen) atoms. The molecule has 2 heterocycles. The van der Waals surface area contributed by atoms with Gasteiger partial charge in [0.15, 0.2) is 0 Å². The van der Waals surface area contributed by atoms with Gasteiger partial charge in [0.25, 0.3) is 0 Å². The van der Waals surface area contributed by atoms with E-state index in [2.05, 4.69) is 10.3 Å². The standard InChI is InChI=1S/C19H24ClN3O3/c20-16-10-13(6-7-17(24)25)11-21-18(16)22-15-8-9-23(12-15)19(26)14-4-2-1-3-5-14/h6-7,10-11,14-15H,1-5,8-9,12H2,(H,21,22)(H,24,25)/t15-/m1/s1. The molecule has 1 aromatic heterocycles. The lowest BCUT2D eigenvalue weighted by atomic mass is 9.88. The second-order valence-corrected chi connectivity index (χ2v) is 7.43. The molecular weight excluding hydrogens is 354 g/mol. The van der Waals surface area contributed by atoms with Crippen molar-refractivity contribution in [2.24, 2.45) is 5.92 Å². The molecule has 0 radical (unpaired) electrons. The second kappa shape index (κ2) is 8.54. The Kier molecular flexibility index (Phi) is 6.14. The van der Waals surface area contributed by atoms with Crippen molar-refractivity contribution in [2.75, 3.05) is 18.4 Å². The molecule has 2 N–H and O–H groups in total. The summed E-state index contributed by atoms with van der Waals surface area (Å²) in [5.41, 5.74) is 0.628. The van der Waals surface area contributed by atoms with Crippen LogP contribution in [0, 0.1) is 5.92 Å². The van der Waals surface area contributed by atoms with Crippen LogP contribution in [0.1, 0.15) is 44.1 Å². The third-order valence-corrected chi connectivity index (χ3v) is 5.36. The van der Waals surface area contributed by atoms with Crippen molar-refractivity contribution in [3.63, 3.8) is 0 Å². The normalized spacial score (nSPS) is 21.3. The quantitative estimate of drug-likeness (QED) is 0.768. The number of carboxylic acid groups (broad SMARTS) is 1. The van der Waals surface area contributed by atoms with Gasteiger partial charge in [0.05, 0.1) is 5.02 Å². The minimum atomic E-state index is -1.02. The summed E-state index contributed by atoms with van der Waals surface area (Å²) >= 11 is 6.26. The van der Waals surface area contributed by atoms with Crippen molar-refractivity contribution in [1.82, 2.24) is 9.88 Å². The maximum absolute atomic E-state index is 12.6. The molecule has 0 spiro atoms. The van der Waals surface area contributed by atoms with E-state index in [1.54, 1.807) is 12.3 Å². The van der Waals surface area contributed by atoms with Gasteiger partial charge in [-0.1, -0.05) is 30.9 Å². The zero-order valence-corrected chi connectivity index (χ0v) is 15.4. The van der Waals surface area contributed by atoms with Crippen LogP contribution >= 0.6 is 11.6 Å². The van der Waals surface area contributed by atoms with Crippen molar-refractivity contribution in [3.8, 4) is 0 Å². The van der Waals surface area contributed by atoms with Crippen LogP contribution in [0.5, 0.6) is 0 Å². The molecule has 0 unspecified atom stereocenters. The van der Waals surface area contributed by atoms with E-state index < -0.39 is 5.97 Å². The van der Waals surface area contributed by atoms with Gasteiger partial charge in [-0.2, -0.15) is 0 Å². The summed E-state index contributed by atoms with van der Waals surface area (Å²) in [7, 11) is 0. The van der Waals surface area contributed by atoms with E-state index in [4.69, 9.17) is 16.7 Å². The van der Waals surface area contributed by atoms with Gasteiger partial charge < -0.3 is 15.3 Å². The lowest BCUT2D eigenvalue weighted by Crippen LogP contribution is -2.36. The van der Waals surface area contributed by atoms with Crippen molar-refractivity contribution in [2.45, 2.75) is 44.6 Å². The van der Waals surface area contributed by atoms with Gasteiger partial charge in [0, 0.05) is 37.3 Å². The molecule has 0 aromatic carbocycles. The number of rotatable bonds is 5. The Morgan fingerprint density at radius 1 is 1.27 bits per heavy atom. The second-order valence-electron chi connectivity index (χ2n) is 7.02. The van der Waals surface area contributed by atoms with Gasteiger partial charge in [0.1, 0.15) is 5.82 Å². The first-order chi connectivity index (χ1) is 12.5. The SMILES string of the molecule is O=C(O)C=Cc1cnc(N[C@@H]2CCN(C(=O)C3CCCCC3)C2)c(Cl)c1. The van der Waals surface area contributed by atoms with Crippen LogP contribution in [0.4, 0.5) is 5.82 Å². The molecule has 2 aliphatic rings. The summed E-state index contributed by atoms with van der Waals surface area (Å²) in [6.07, 6.45) is 10.6. The highest BCUT2D eigenvalue weighted by Gasteiger charge is 2.31. The first kappa shape index (κ1) is 18.7. The molecule has 1 saturated carbocycles. The van der Waals surface area contributed by atoms with Crippen LogP contribution in [-0.4, -0.2) is 46.0 Å². The van der Waals surface area contributed by atoms with Crippen molar-refractivity contribution in [3.05, 3.63) is 28.9 Å². The van der Waals surface area contributed by atoms with Crippen LogP contribution in [-0.2, 0) is 9.59 Å². The number of anilines is 1. The molecule has 1 aromatic rings. The smallest absolute Gasteiger partial charge is 0.328 e. The number of hydrogen-bond donors (Lipinski definition) is 2. The molecule has 0 bridgehead atoms. The number of nitrogens with zero attached hydrogens (tertiary/aromatic N) is 2. The molecule has 7 heteroatoms. The highest BCUT2D eigenvalue weighted by atomic mass is 35.5. The number of amides is 1. The first-order valence-electron chi connectivity index (χ1n) is 9.15. The summed E-state index contributed by atoms with van der Waals surface area (Å²) in [6.45, 7) is 1.44. The number of pyridine rings is 1. The van der Waals surface area contributed by atoms with E-state index in [0.29, 0.717) is 28.9 Å². The monoisotopic (exact) mass is 377 g/mol. The van der Waals surface area contributed by atoms with Gasteiger partial charge >= 0.3 is 5.97 Å². The zero-order valence-electron chi connectivity index (χ0n) is 14.7. The van der Waals surface area contributed by atoms with E-state index in [-0.39, 0.29) is 12.0 Å². The zero-order chi connectivity index (χ0) is 18.5. The Bertz CT molecular complexity index is 701. The molecule has 140 valence electrons. The van der Waals surface area contributed by atoms with Crippen LogP contribution in [0.3, 0.4) is 0 Å². The van der Waals surface area contributed by atoms with Crippen molar-refractivity contribution < 1.29 is 14.7 Å². The topological polar surface area (TPSA) is 82.5 Å². The van der Waals surface area contributed by atoms with Crippen LogP contribution in [0.15, 0.2) is 18.3 Å². The van der Waals surface area contributed by atoms with E-state index >= 15 is 0 Å². The van der Waals surface area contributed by atoms with Gasteiger partial charge in [-0.15, -0.1) is 0 Å². The minimum absolute atomic E-state index is 0.132. The lowest BCUT2D eigenvalue weighted by Gasteiger charge is -2.26. The first-order valence-corrected chi connectivity index (χ1v) is 9.52. The Labute approximate surface area is 158 Å². The molecule has 3 rings (SSSR count). The fraction of sp³-hybridized carbons (Fsp3) is 0.526. The van der Waals surface area contributed by atoms with Gasteiger partial charge in [-0.05, 0) is 37.0 Å². The summed E-state index contributed by atoms with van der Waals surface area (Å²) in [5, 5.41) is 12.4. The number of carbonyl (C=O) groups is 2. The predicted octanol–water partition coefficient (Wildman–Crippen LogP) is 3.43. The van der Waals surface area contributed by atoms with E-state index in [1.165, 1.54) is 12.5 Å². The molecule has 1 aliphatic heterocycles. The number of aromatic nitrogens is 1. The summed E-state index contributed by atoms with van der Waals surface area (Å²) in [5.74, 6) is 0.0415. The third kappa shape index (κ3) is 4.75. The van der Waals surface area contributed by atoms with Crippen molar-refractivity contribution >= 4 is 35.4 Å². The highest BCUT2D eigenvalue weighted by Crippen LogP contribution is 2.28. The summed E-state index contributed by atoms with van der Waals surface area (Å²) in [6, 6.07) is 1.81. The third-order valence-electron chi connectivity index (χ3n) is 5.08. The van der Waals surface area contributed by atoms with E-state index in [1.807, 2.05) is 4.90 Å². The van der Waals surface area contributed by atoms with Crippen molar-refractivity contribution in [1.29, 1.82) is 0 Å². The molecule has 6 nitrogen and oxygen atoms in total. The largest absolute Gasteiger partial charge is 0.478 e. The number of hydrogen-bond acceptors (Lipinski definition) is 4. The maximum Gasteiger partial charge on any atom is 0.328 e. The fourth-order valence-electron chi connectivity index (χ4n) is 3.70. The minimum Gasteiger partial charge on any atom is -0.478 e. The van der Waals surface area contributed by atoms with E-state index in [0.717, 1.165) is 44.7 Å². The summed E-state index contributed by atoms with van der Waals surface area (Å²) in [4.78, 5) is 29.5. The number of carboxylic acids is 1. The van der Waals surface area contributed by atoms with Crippen LogP contribution < -0.4 is 5.32 Å². The van der Waals surface area contributed by atoms with Crippen LogP contribution in [0.2, 0.25) is 5.02 Å². The molecule has 1 amide bonds. The van der Waals surface area contributed by atoms with Gasteiger partial charge in [0.2, 0.25) is 5.91 Å². The van der Waals surface area contributed by atoms with Crippen LogP contribution in [0.25, 0.3) is 6.08 Å². The number of nitrogens with one attached hydrogen (secondary N) is 1. The lowest BCUT2D eigenvalue weighted by molar-refractivity contribution is -0.135. The number of halogens is 1. The molecule has 1 aliphatic carbocycles. The predicted molar refractivity (Wildman–Crippen MR) is 101 cm³/mol. The number of aliphatic carboxylic acids is 1. The Balaban J connectivity index is 1.56. The Morgan fingerprint density at radius 2 is 2.04 bits per heavy atom. The maximum atomic E-state index is 12.6. The average molecular weight is 378 g/mol. The number of carbonyl (C=O) groups excluding carboxylic acids is 1. The van der Waals surface area contributed by atoms with Gasteiger partial charge in [-0.25, -0.2) is 9.78 Å². The summed E-state index contributed by atoms with van der Waals surface area (Å²) < 4.78 is 0. The molecule has 1 atom stereocenters. The number of likely N-dealkylation sites (tertiary alicyclic amines) is 1. The molecule has 1 saturated heterocycles. The average Bonchev–Trinajstić information content (AvgIpc) is 3.10. The Hall–Kier alpha value is -2.08.